The van der Waals surface area contributed by atoms with E-state index in [0.29, 0.717) is 43.2 Å². The van der Waals surface area contributed by atoms with Gasteiger partial charge in [-0.3, -0.25) is 4.57 Å². The van der Waals surface area contributed by atoms with Gasteiger partial charge in [-0.1, -0.05) is 12.1 Å². The molecule has 43 heavy (non-hydrogen) atoms. The Morgan fingerprint density at radius 3 is 2.67 bits per heavy atom. The Bertz CT molecular complexity index is 1430. The molecule has 12 nitrogen and oxygen atoms in total. The van der Waals surface area contributed by atoms with E-state index in [1.54, 1.807) is 44.2 Å². The van der Waals surface area contributed by atoms with Crippen LogP contribution in [0, 0.1) is 11.3 Å². The number of amides is 1. The van der Waals surface area contributed by atoms with Gasteiger partial charge in [0.05, 0.1) is 36.9 Å². The topological polar surface area (TPSA) is 151 Å². The van der Waals surface area contributed by atoms with Gasteiger partial charge in [-0.2, -0.15) is 9.97 Å². The van der Waals surface area contributed by atoms with Crippen molar-refractivity contribution in [2.45, 2.75) is 63.6 Å². The van der Waals surface area contributed by atoms with E-state index in [2.05, 4.69) is 20.6 Å². The summed E-state index contributed by atoms with van der Waals surface area (Å²) in [4.78, 5) is 27.7. The second-order valence-corrected chi connectivity index (χ2v) is 11.5. The van der Waals surface area contributed by atoms with Crippen molar-refractivity contribution in [3.63, 3.8) is 0 Å². The van der Waals surface area contributed by atoms with Crippen molar-refractivity contribution >= 4 is 35.1 Å². The fourth-order valence-electron chi connectivity index (χ4n) is 5.51. The molecular formula is C29H38F2N8O4. The standard InChI is InChI=1S/C29H38F2N8O4/c1-29(2,17-32)43-28(41)34-19-9-7-18(8-10-19)14-33-27-36-23(38-11-12-42-16-20(38)15-40)13-24(37-27)39-22-6-4-3-5-21(22)35-26(39)25(30)31/h3-6,13,17-20,25,32,40H,7-12,14-16H2,1-2H3,(H,34,41)(H,33,36,37)/t18-,19-,20-/m1/s1. The highest BCUT2D eigenvalue weighted by Crippen LogP contribution is 2.30. The molecule has 3 aromatic rings. The molecule has 1 amide bonds. The minimum absolute atomic E-state index is 0.0181. The van der Waals surface area contributed by atoms with E-state index in [-0.39, 0.29) is 36.4 Å². The van der Waals surface area contributed by atoms with Gasteiger partial charge in [-0.25, -0.2) is 18.6 Å². The molecule has 3 heterocycles. The normalized spacial score (nSPS) is 21.2. The maximum absolute atomic E-state index is 14.2. The lowest BCUT2D eigenvalue weighted by molar-refractivity contribution is 0.0722. The molecule has 1 saturated carbocycles. The third-order valence-corrected chi connectivity index (χ3v) is 7.86. The largest absolute Gasteiger partial charge is 0.438 e. The summed E-state index contributed by atoms with van der Waals surface area (Å²) < 4.78 is 40.5. The van der Waals surface area contributed by atoms with E-state index >= 15 is 0 Å². The summed E-state index contributed by atoms with van der Waals surface area (Å²) in [6, 6.07) is 8.21. The monoisotopic (exact) mass is 600 g/mol. The number of benzene rings is 1. The van der Waals surface area contributed by atoms with Crippen LogP contribution in [0.1, 0.15) is 51.8 Å². The van der Waals surface area contributed by atoms with Crippen molar-refractivity contribution in [3.05, 3.63) is 36.2 Å². The number of anilines is 2. The maximum atomic E-state index is 14.2. The summed E-state index contributed by atoms with van der Waals surface area (Å²) in [6.07, 6.45) is 0.948. The number of hydrogen-bond acceptors (Lipinski definition) is 10. The molecule has 2 aliphatic rings. The summed E-state index contributed by atoms with van der Waals surface area (Å²) in [5, 5.41) is 23.6. The third kappa shape index (κ3) is 7.19. The molecule has 2 aromatic heterocycles. The number of morpholine rings is 1. The molecule has 0 unspecified atom stereocenters. The number of halogens is 2. The predicted molar refractivity (Wildman–Crippen MR) is 157 cm³/mol. The van der Waals surface area contributed by atoms with Crippen LogP contribution in [-0.2, 0) is 9.47 Å². The first-order chi connectivity index (χ1) is 20.7. The van der Waals surface area contributed by atoms with Gasteiger partial charge in [-0.15, -0.1) is 0 Å². The van der Waals surface area contributed by atoms with E-state index in [9.17, 15) is 18.7 Å². The number of fused-ring (bicyclic) bond motifs is 1. The minimum Gasteiger partial charge on any atom is -0.438 e. The molecule has 1 aliphatic heterocycles. The zero-order valence-electron chi connectivity index (χ0n) is 24.3. The highest BCUT2D eigenvalue weighted by Gasteiger charge is 2.28. The van der Waals surface area contributed by atoms with E-state index in [1.165, 1.54) is 4.57 Å². The number of para-hydroxylation sites is 2. The Balaban J connectivity index is 1.35. The number of alkyl halides is 2. The highest BCUT2D eigenvalue weighted by molar-refractivity contribution is 5.78. The Kier molecular flexibility index (Phi) is 9.35. The lowest BCUT2D eigenvalue weighted by Gasteiger charge is -2.35. The summed E-state index contributed by atoms with van der Waals surface area (Å²) in [5.74, 6) is 0.894. The SMILES string of the molecule is CC(C)(C=N)OC(=O)N[C@H]1CC[C@H](CNc2nc(N3CCOC[C@H]3CO)cc(-n3c(C(F)F)nc4ccccc43)n2)CC1. The second kappa shape index (κ2) is 13.2. The third-order valence-electron chi connectivity index (χ3n) is 7.86. The van der Waals surface area contributed by atoms with Crippen molar-refractivity contribution < 1.29 is 28.2 Å². The van der Waals surface area contributed by atoms with Crippen LogP contribution in [0.5, 0.6) is 0 Å². The molecule has 0 spiro atoms. The van der Waals surface area contributed by atoms with Gasteiger partial charge in [0.1, 0.15) is 17.2 Å². The summed E-state index contributed by atoms with van der Waals surface area (Å²) in [7, 11) is 0. The van der Waals surface area contributed by atoms with Gasteiger partial charge in [0.2, 0.25) is 5.95 Å². The molecule has 5 rings (SSSR count). The number of aliphatic hydroxyl groups is 1. The number of nitrogens with one attached hydrogen (secondary N) is 3. The van der Waals surface area contributed by atoms with Gasteiger partial charge in [0.15, 0.2) is 5.82 Å². The van der Waals surface area contributed by atoms with Crippen molar-refractivity contribution in [2.75, 3.05) is 43.1 Å². The fraction of sp³-hybridized carbons (Fsp3) is 0.552. The Morgan fingerprint density at radius 2 is 1.95 bits per heavy atom. The van der Waals surface area contributed by atoms with Crippen molar-refractivity contribution in [3.8, 4) is 5.82 Å². The number of hydrogen-bond donors (Lipinski definition) is 4. The van der Waals surface area contributed by atoms with Gasteiger partial charge in [-0.05, 0) is 57.6 Å². The molecule has 0 radical (unpaired) electrons. The summed E-state index contributed by atoms with van der Waals surface area (Å²) >= 11 is 0. The van der Waals surface area contributed by atoms with Crippen LogP contribution in [0.25, 0.3) is 16.9 Å². The number of imidazole rings is 1. The number of ether oxygens (including phenoxy) is 2. The molecule has 232 valence electrons. The smallest absolute Gasteiger partial charge is 0.408 e. The van der Waals surface area contributed by atoms with Gasteiger partial charge in [0.25, 0.3) is 6.43 Å². The minimum atomic E-state index is -2.83. The molecule has 2 fully saturated rings. The van der Waals surface area contributed by atoms with Gasteiger partial charge in [0, 0.05) is 31.4 Å². The fourth-order valence-corrected chi connectivity index (χ4v) is 5.51. The molecule has 1 aliphatic carbocycles. The van der Waals surface area contributed by atoms with Crippen molar-refractivity contribution in [1.82, 2.24) is 24.8 Å². The first-order valence-electron chi connectivity index (χ1n) is 14.5. The van der Waals surface area contributed by atoms with E-state index in [4.69, 9.17) is 19.9 Å². The molecule has 14 heteroatoms. The number of aromatic nitrogens is 4. The van der Waals surface area contributed by atoms with Crippen LogP contribution < -0.4 is 15.5 Å². The first-order valence-corrected chi connectivity index (χ1v) is 14.5. The number of rotatable bonds is 10. The summed E-state index contributed by atoms with van der Waals surface area (Å²) in [6.45, 7) is 4.94. The van der Waals surface area contributed by atoms with Crippen molar-refractivity contribution in [1.29, 1.82) is 5.41 Å². The average Bonchev–Trinajstić information content (AvgIpc) is 3.40. The second-order valence-electron chi connectivity index (χ2n) is 11.5. The average molecular weight is 601 g/mol. The molecule has 4 N–H and O–H groups in total. The quantitative estimate of drug-likeness (QED) is 0.253. The lowest BCUT2D eigenvalue weighted by atomic mass is 9.86. The highest BCUT2D eigenvalue weighted by atomic mass is 19.3. The maximum Gasteiger partial charge on any atom is 0.408 e. The molecule has 1 atom stereocenters. The van der Waals surface area contributed by atoms with E-state index in [1.807, 2.05) is 4.90 Å². The Morgan fingerprint density at radius 1 is 1.21 bits per heavy atom. The van der Waals surface area contributed by atoms with Crippen LogP contribution in [0.15, 0.2) is 30.3 Å². The number of alkyl carbamates (subject to hydrolysis) is 1. The number of aliphatic hydroxyl groups excluding tert-OH is 1. The van der Waals surface area contributed by atoms with Crippen LogP contribution in [0.4, 0.5) is 25.3 Å². The van der Waals surface area contributed by atoms with Gasteiger partial charge < -0.3 is 35.5 Å². The van der Waals surface area contributed by atoms with Crippen LogP contribution in [0.2, 0.25) is 0 Å². The zero-order chi connectivity index (χ0) is 30.6. The van der Waals surface area contributed by atoms with Crippen LogP contribution in [0.3, 0.4) is 0 Å². The molecular weight excluding hydrogens is 562 g/mol. The number of nitrogens with zero attached hydrogens (tertiary/aromatic N) is 5. The van der Waals surface area contributed by atoms with E-state index < -0.39 is 23.9 Å². The predicted octanol–water partition coefficient (Wildman–Crippen LogP) is 4.08. The van der Waals surface area contributed by atoms with Crippen molar-refractivity contribution in [2.24, 2.45) is 5.92 Å². The van der Waals surface area contributed by atoms with E-state index in [0.717, 1.165) is 31.9 Å². The number of carbonyl (C=O) groups excluding carboxylic acids is 1. The molecule has 0 bridgehead atoms. The van der Waals surface area contributed by atoms with Crippen LogP contribution >= 0.6 is 0 Å². The Hall–Kier alpha value is -3.91. The van der Waals surface area contributed by atoms with Crippen LogP contribution in [-0.4, -0.2) is 87.5 Å². The van der Waals surface area contributed by atoms with Gasteiger partial charge >= 0.3 is 6.09 Å². The molecule has 1 saturated heterocycles. The number of carbonyl (C=O) groups is 1. The summed E-state index contributed by atoms with van der Waals surface area (Å²) in [5.41, 5.74) is -0.0269. The lowest BCUT2D eigenvalue weighted by Crippen LogP contribution is -2.48. The first kappa shape index (κ1) is 30.5. The molecule has 1 aromatic carbocycles. The Labute approximate surface area is 248 Å². The zero-order valence-corrected chi connectivity index (χ0v) is 24.3.